The van der Waals surface area contributed by atoms with Crippen molar-refractivity contribution in [1.82, 2.24) is 0 Å². The van der Waals surface area contributed by atoms with Crippen LogP contribution in [0.2, 0.25) is 0 Å². The van der Waals surface area contributed by atoms with E-state index in [-0.39, 0.29) is 0 Å². The highest BCUT2D eigenvalue weighted by Gasteiger charge is 2.07. The van der Waals surface area contributed by atoms with Gasteiger partial charge >= 0.3 is 0 Å². The average molecular weight is 251 g/mol. The van der Waals surface area contributed by atoms with Crippen molar-refractivity contribution in [2.75, 3.05) is 13.2 Å². The molecule has 3 nitrogen and oxygen atoms in total. The largest absolute Gasteiger partial charge is 0.493 e. The summed E-state index contributed by atoms with van der Waals surface area (Å²) in [6.07, 6.45) is 2.12. The zero-order chi connectivity index (χ0) is 13.4. The van der Waals surface area contributed by atoms with Crippen molar-refractivity contribution < 1.29 is 9.47 Å². The molecule has 0 heterocycles. The Bertz CT molecular complexity index is 352. The Balaban J connectivity index is 2.71. The molecular formula is C15H25NO2. The summed E-state index contributed by atoms with van der Waals surface area (Å²) in [4.78, 5) is 0. The summed E-state index contributed by atoms with van der Waals surface area (Å²) in [5.74, 6) is 2.26. The van der Waals surface area contributed by atoms with Gasteiger partial charge in [0.1, 0.15) is 11.5 Å². The fourth-order valence-corrected chi connectivity index (χ4v) is 1.50. The molecule has 2 N–H and O–H groups in total. The lowest BCUT2D eigenvalue weighted by Gasteiger charge is -2.15. The maximum Gasteiger partial charge on any atom is 0.127 e. The van der Waals surface area contributed by atoms with E-state index in [1.807, 2.05) is 18.2 Å². The van der Waals surface area contributed by atoms with Crippen LogP contribution in [0.3, 0.4) is 0 Å². The summed E-state index contributed by atoms with van der Waals surface area (Å²) in [7, 11) is 0. The molecule has 0 amide bonds. The molecule has 1 atom stereocenters. The van der Waals surface area contributed by atoms with E-state index in [4.69, 9.17) is 15.2 Å². The normalized spacial score (nSPS) is 12.2. The van der Waals surface area contributed by atoms with E-state index >= 15 is 0 Å². The van der Waals surface area contributed by atoms with Gasteiger partial charge in [-0.05, 0) is 18.4 Å². The maximum absolute atomic E-state index is 5.84. The Morgan fingerprint density at radius 1 is 1.22 bits per heavy atom. The van der Waals surface area contributed by atoms with Crippen LogP contribution >= 0.6 is 0 Å². The van der Waals surface area contributed by atoms with E-state index in [1.54, 1.807) is 0 Å². The molecule has 1 rings (SSSR count). The molecule has 18 heavy (non-hydrogen) atoms. The molecular weight excluding hydrogens is 226 g/mol. The number of rotatable bonds is 8. The van der Waals surface area contributed by atoms with E-state index in [2.05, 4.69) is 20.8 Å². The van der Waals surface area contributed by atoms with Crippen LogP contribution in [0.25, 0.3) is 0 Å². The van der Waals surface area contributed by atoms with Crippen LogP contribution in [-0.4, -0.2) is 13.2 Å². The molecule has 102 valence electrons. The molecule has 0 aliphatic heterocycles. The van der Waals surface area contributed by atoms with Crippen molar-refractivity contribution in [3.63, 3.8) is 0 Å². The topological polar surface area (TPSA) is 44.5 Å². The quantitative estimate of drug-likeness (QED) is 0.770. The van der Waals surface area contributed by atoms with Gasteiger partial charge in [-0.1, -0.05) is 33.3 Å². The van der Waals surface area contributed by atoms with Gasteiger partial charge in [0.15, 0.2) is 0 Å². The van der Waals surface area contributed by atoms with Crippen LogP contribution in [0.4, 0.5) is 0 Å². The number of hydrogen-bond acceptors (Lipinski definition) is 3. The molecule has 0 aliphatic carbocycles. The molecule has 0 fully saturated rings. The lowest BCUT2D eigenvalue weighted by atomic mass is 10.1. The van der Waals surface area contributed by atoms with Crippen LogP contribution < -0.4 is 15.2 Å². The Kier molecular flexibility index (Phi) is 6.58. The standard InChI is InChI=1S/C15H25NO2/c1-4-8-17-14-7-6-13(10-16)15(9-14)18-11-12(3)5-2/h6-7,9,12H,4-5,8,10-11,16H2,1-3H3. The summed E-state index contributed by atoms with van der Waals surface area (Å²) in [6.45, 7) is 8.38. The Morgan fingerprint density at radius 2 is 2.00 bits per heavy atom. The van der Waals surface area contributed by atoms with Gasteiger partial charge in [-0.2, -0.15) is 0 Å². The summed E-state index contributed by atoms with van der Waals surface area (Å²) < 4.78 is 11.4. The zero-order valence-corrected chi connectivity index (χ0v) is 11.7. The lowest BCUT2D eigenvalue weighted by Crippen LogP contribution is -2.10. The fraction of sp³-hybridized carbons (Fsp3) is 0.600. The second-order valence-electron chi connectivity index (χ2n) is 4.65. The highest BCUT2D eigenvalue weighted by Crippen LogP contribution is 2.25. The third kappa shape index (κ3) is 4.57. The first-order chi connectivity index (χ1) is 8.71. The van der Waals surface area contributed by atoms with Gasteiger partial charge in [0.2, 0.25) is 0 Å². The molecule has 0 aliphatic rings. The van der Waals surface area contributed by atoms with Gasteiger partial charge in [-0.25, -0.2) is 0 Å². The second kappa shape index (κ2) is 7.98. The van der Waals surface area contributed by atoms with Crippen molar-refractivity contribution in [3.8, 4) is 11.5 Å². The molecule has 0 aromatic heterocycles. The van der Waals surface area contributed by atoms with Gasteiger partial charge in [0, 0.05) is 18.2 Å². The van der Waals surface area contributed by atoms with Crippen LogP contribution in [0, 0.1) is 5.92 Å². The minimum Gasteiger partial charge on any atom is -0.493 e. The van der Waals surface area contributed by atoms with Crippen molar-refractivity contribution in [2.24, 2.45) is 11.7 Å². The summed E-state index contributed by atoms with van der Waals surface area (Å²) in [6, 6.07) is 5.88. The molecule has 3 heteroatoms. The molecule has 0 spiro atoms. The van der Waals surface area contributed by atoms with E-state index in [9.17, 15) is 0 Å². The van der Waals surface area contributed by atoms with E-state index in [0.717, 1.165) is 43.1 Å². The van der Waals surface area contributed by atoms with Gasteiger partial charge in [0.25, 0.3) is 0 Å². The number of hydrogen-bond donors (Lipinski definition) is 1. The molecule has 0 bridgehead atoms. The molecule has 1 aromatic rings. The number of benzene rings is 1. The monoisotopic (exact) mass is 251 g/mol. The predicted octanol–water partition coefficient (Wildman–Crippen LogP) is 3.36. The first-order valence-electron chi connectivity index (χ1n) is 6.79. The van der Waals surface area contributed by atoms with Crippen LogP contribution in [0.1, 0.15) is 39.2 Å². The lowest BCUT2D eigenvalue weighted by molar-refractivity contribution is 0.251. The van der Waals surface area contributed by atoms with Crippen molar-refractivity contribution >= 4 is 0 Å². The van der Waals surface area contributed by atoms with Crippen molar-refractivity contribution in [1.29, 1.82) is 0 Å². The molecule has 0 radical (unpaired) electrons. The van der Waals surface area contributed by atoms with Crippen molar-refractivity contribution in [2.45, 2.75) is 40.2 Å². The van der Waals surface area contributed by atoms with Gasteiger partial charge in [-0.15, -0.1) is 0 Å². The molecule has 0 saturated carbocycles. The Morgan fingerprint density at radius 3 is 2.61 bits per heavy atom. The van der Waals surface area contributed by atoms with Crippen molar-refractivity contribution in [3.05, 3.63) is 23.8 Å². The minimum absolute atomic E-state index is 0.490. The van der Waals surface area contributed by atoms with Crippen LogP contribution in [0.15, 0.2) is 18.2 Å². The summed E-state index contributed by atoms with van der Waals surface area (Å²) in [5.41, 5.74) is 6.75. The second-order valence-corrected chi connectivity index (χ2v) is 4.65. The highest BCUT2D eigenvalue weighted by atomic mass is 16.5. The summed E-state index contributed by atoms with van der Waals surface area (Å²) in [5, 5.41) is 0. The summed E-state index contributed by atoms with van der Waals surface area (Å²) >= 11 is 0. The fourth-order valence-electron chi connectivity index (χ4n) is 1.50. The first kappa shape index (κ1) is 14.8. The average Bonchev–Trinajstić information content (AvgIpc) is 2.42. The Labute approximate surface area is 110 Å². The first-order valence-corrected chi connectivity index (χ1v) is 6.79. The number of nitrogens with two attached hydrogens (primary N) is 1. The smallest absolute Gasteiger partial charge is 0.127 e. The highest BCUT2D eigenvalue weighted by molar-refractivity contribution is 5.40. The van der Waals surface area contributed by atoms with Gasteiger partial charge in [0.05, 0.1) is 13.2 Å². The third-order valence-electron chi connectivity index (χ3n) is 2.95. The third-order valence-corrected chi connectivity index (χ3v) is 2.95. The van der Waals surface area contributed by atoms with E-state index in [0.29, 0.717) is 12.5 Å². The van der Waals surface area contributed by atoms with Gasteiger partial charge < -0.3 is 15.2 Å². The van der Waals surface area contributed by atoms with E-state index < -0.39 is 0 Å². The van der Waals surface area contributed by atoms with Crippen LogP contribution in [0.5, 0.6) is 11.5 Å². The maximum atomic E-state index is 5.84. The minimum atomic E-state index is 0.490. The SMILES string of the molecule is CCCOc1ccc(CN)c(OCC(C)CC)c1. The van der Waals surface area contributed by atoms with Crippen LogP contribution in [-0.2, 0) is 6.54 Å². The van der Waals surface area contributed by atoms with Gasteiger partial charge in [-0.3, -0.25) is 0 Å². The zero-order valence-electron chi connectivity index (χ0n) is 11.7. The molecule has 1 unspecified atom stereocenters. The van der Waals surface area contributed by atoms with E-state index in [1.165, 1.54) is 0 Å². The molecule has 0 saturated heterocycles. The number of ether oxygens (including phenoxy) is 2. The predicted molar refractivity (Wildman–Crippen MR) is 75.1 cm³/mol. The Hall–Kier alpha value is -1.22. The molecule has 1 aromatic carbocycles.